The number of hydrogen-bond acceptors (Lipinski definition) is 7. The zero-order chi connectivity index (χ0) is 50.1. The van der Waals surface area contributed by atoms with E-state index in [2.05, 4.69) is 74.7 Å². The topological polar surface area (TPSA) is 114 Å². The molecule has 3 unspecified atom stereocenters. The van der Waals surface area contributed by atoms with Gasteiger partial charge in [0, 0.05) is 12.8 Å². The molecule has 9 nitrogen and oxygen atoms in total. The van der Waals surface area contributed by atoms with Crippen LogP contribution in [0.4, 0.5) is 0 Å². The Hall–Kier alpha value is -2.29. The van der Waals surface area contributed by atoms with Gasteiger partial charge in [0.05, 0.1) is 33.8 Å². The molecule has 0 aliphatic heterocycles. The summed E-state index contributed by atoms with van der Waals surface area (Å²) >= 11 is 0. The maximum Gasteiger partial charge on any atom is 0.306 e. The molecule has 396 valence electrons. The lowest BCUT2D eigenvalue weighted by atomic mass is 10.1. The number of quaternary nitrogens is 1. The first-order chi connectivity index (χ1) is 32.9. The van der Waals surface area contributed by atoms with Crippen molar-refractivity contribution in [3.8, 4) is 0 Å². The highest BCUT2D eigenvalue weighted by molar-refractivity contribution is 7.45. The van der Waals surface area contributed by atoms with Crippen LogP contribution in [0, 0.1) is 0 Å². The standard InChI is InChI=1S/C58H107N2O7P/c1-7-10-13-16-19-22-25-27-29-30-31-33-36-39-42-45-48-51-58(62)67-56(49-46-43-40-37-34-24-21-18-15-12-9-3)55(54-66-68(63,64)65-53-52-60(4,5)6)59-57(61)50-47-44-41-38-35-32-28-26-23-20-17-14-11-8-2/h19,22,27,29,31-33,35,46,49,55-56H,7-18,20-21,23-26,28,30,34,36-45,47-48,50-54H2,1-6H3,(H-,59,61,63,64)/b22-19-,29-27-,33-31-,35-32-,49-46+. The van der Waals surface area contributed by atoms with Gasteiger partial charge in [-0.3, -0.25) is 14.2 Å². The van der Waals surface area contributed by atoms with E-state index in [0.29, 0.717) is 30.3 Å². The maximum atomic E-state index is 13.4. The fourth-order valence-corrected chi connectivity index (χ4v) is 8.48. The Labute approximate surface area is 420 Å². The Morgan fingerprint density at radius 3 is 1.40 bits per heavy atom. The van der Waals surface area contributed by atoms with Crippen LogP contribution >= 0.6 is 7.82 Å². The monoisotopic (exact) mass is 975 g/mol. The van der Waals surface area contributed by atoms with Crippen LogP contribution in [0.1, 0.15) is 245 Å². The van der Waals surface area contributed by atoms with Gasteiger partial charge in [-0.05, 0) is 96.0 Å². The number of unbranched alkanes of at least 4 members (excludes halogenated alkanes) is 26. The van der Waals surface area contributed by atoms with Crippen molar-refractivity contribution >= 4 is 19.7 Å². The van der Waals surface area contributed by atoms with Crippen LogP contribution < -0.4 is 10.2 Å². The maximum absolute atomic E-state index is 13.4. The van der Waals surface area contributed by atoms with Crippen LogP contribution in [0.25, 0.3) is 0 Å². The van der Waals surface area contributed by atoms with Crippen molar-refractivity contribution in [2.45, 2.75) is 258 Å². The summed E-state index contributed by atoms with van der Waals surface area (Å²) < 4.78 is 30.1. The summed E-state index contributed by atoms with van der Waals surface area (Å²) in [7, 11) is 1.16. The lowest BCUT2D eigenvalue weighted by molar-refractivity contribution is -0.870. The molecule has 0 aromatic rings. The number of allylic oxidation sites excluding steroid dienone is 9. The summed E-state index contributed by atoms with van der Waals surface area (Å²) in [4.78, 5) is 39.8. The molecule has 1 amide bonds. The summed E-state index contributed by atoms with van der Waals surface area (Å²) in [5.41, 5.74) is 0. The van der Waals surface area contributed by atoms with Crippen LogP contribution in [0.2, 0.25) is 0 Å². The number of ether oxygens (including phenoxy) is 1. The van der Waals surface area contributed by atoms with Crippen LogP contribution in [0.5, 0.6) is 0 Å². The fraction of sp³-hybridized carbons (Fsp3) is 0.793. The first kappa shape index (κ1) is 65.7. The SMILES string of the molecule is CCCCC/C=C\C/C=C\C/C=C\CCCCCCC(=O)OC(/C=C/CCCCCCCCCCC)C(COP(=O)([O-])OCC[N+](C)(C)C)NC(=O)CCCCC/C=C\CCCCCCCCC. The average Bonchev–Trinajstić information content (AvgIpc) is 3.29. The van der Waals surface area contributed by atoms with E-state index in [9.17, 15) is 19.0 Å². The smallest absolute Gasteiger partial charge is 0.306 e. The molecule has 1 N–H and O–H groups in total. The molecule has 0 spiro atoms. The molecule has 0 aliphatic rings. The van der Waals surface area contributed by atoms with E-state index < -0.39 is 26.6 Å². The van der Waals surface area contributed by atoms with Crippen molar-refractivity contribution in [3.05, 3.63) is 60.8 Å². The number of phosphoric ester groups is 1. The predicted octanol–water partition coefficient (Wildman–Crippen LogP) is 16.1. The fourth-order valence-electron chi connectivity index (χ4n) is 7.76. The number of nitrogens with one attached hydrogen (secondary N) is 1. The highest BCUT2D eigenvalue weighted by atomic mass is 31.2. The van der Waals surface area contributed by atoms with Crippen LogP contribution in [0.15, 0.2) is 60.8 Å². The quantitative estimate of drug-likeness (QED) is 0.0212. The molecule has 0 fully saturated rings. The van der Waals surface area contributed by atoms with Crippen molar-refractivity contribution in [3.63, 3.8) is 0 Å². The summed E-state index contributed by atoms with van der Waals surface area (Å²) in [5.74, 6) is -0.586. The Balaban J connectivity index is 5.41. The van der Waals surface area contributed by atoms with Gasteiger partial charge in [-0.1, -0.05) is 197 Å². The third-order valence-electron chi connectivity index (χ3n) is 12.2. The number of carbonyl (C=O) groups is 2. The van der Waals surface area contributed by atoms with Crippen LogP contribution in [0.3, 0.4) is 0 Å². The Bertz CT molecular complexity index is 1350. The lowest BCUT2D eigenvalue weighted by Gasteiger charge is -2.30. The second kappa shape index (κ2) is 48.3. The summed E-state index contributed by atoms with van der Waals surface area (Å²) in [6.45, 7) is 6.77. The second-order valence-electron chi connectivity index (χ2n) is 20.1. The van der Waals surface area contributed by atoms with E-state index in [4.69, 9.17) is 13.8 Å². The lowest BCUT2D eigenvalue weighted by Crippen LogP contribution is -2.47. The minimum atomic E-state index is -4.70. The Morgan fingerprint density at radius 2 is 0.897 bits per heavy atom. The van der Waals surface area contributed by atoms with Gasteiger partial charge in [-0.15, -0.1) is 0 Å². The molecule has 0 bridgehead atoms. The van der Waals surface area contributed by atoms with Gasteiger partial charge < -0.3 is 28.5 Å². The van der Waals surface area contributed by atoms with Gasteiger partial charge in [-0.25, -0.2) is 0 Å². The molecule has 10 heteroatoms. The van der Waals surface area contributed by atoms with E-state index in [0.717, 1.165) is 83.5 Å². The summed E-state index contributed by atoms with van der Waals surface area (Å²) in [6.07, 6.45) is 59.0. The average molecular weight is 975 g/mol. The van der Waals surface area contributed by atoms with Crippen molar-refractivity contribution < 1.29 is 37.3 Å². The molecule has 0 heterocycles. The molecular formula is C58H107N2O7P. The molecule has 0 rings (SSSR count). The summed E-state index contributed by atoms with van der Waals surface area (Å²) in [6, 6.07) is -0.904. The zero-order valence-corrected chi connectivity index (χ0v) is 45.9. The van der Waals surface area contributed by atoms with E-state index in [-0.39, 0.29) is 24.9 Å². The molecule has 0 radical (unpaired) electrons. The molecule has 0 aromatic carbocycles. The highest BCUT2D eigenvalue weighted by Gasteiger charge is 2.27. The van der Waals surface area contributed by atoms with E-state index in [1.165, 1.54) is 116 Å². The summed E-state index contributed by atoms with van der Waals surface area (Å²) in [5, 5.41) is 3.00. The van der Waals surface area contributed by atoms with Crippen molar-refractivity contribution in [2.75, 3.05) is 40.9 Å². The Morgan fingerprint density at radius 1 is 0.515 bits per heavy atom. The number of amides is 1. The molecule has 0 saturated heterocycles. The molecule has 3 atom stereocenters. The highest BCUT2D eigenvalue weighted by Crippen LogP contribution is 2.38. The third kappa shape index (κ3) is 48.7. The number of phosphoric acid groups is 1. The first-order valence-corrected chi connectivity index (χ1v) is 29.6. The van der Waals surface area contributed by atoms with E-state index in [1.807, 2.05) is 33.3 Å². The van der Waals surface area contributed by atoms with Crippen LogP contribution in [-0.4, -0.2) is 69.4 Å². The third-order valence-corrected chi connectivity index (χ3v) is 13.1. The second-order valence-corrected chi connectivity index (χ2v) is 21.5. The van der Waals surface area contributed by atoms with E-state index in [1.54, 1.807) is 0 Å². The number of hydrogen-bond donors (Lipinski definition) is 1. The molecule has 0 aromatic heterocycles. The van der Waals surface area contributed by atoms with Gasteiger partial charge >= 0.3 is 5.97 Å². The van der Waals surface area contributed by atoms with Gasteiger partial charge in [0.15, 0.2) is 0 Å². The minimum Gasteiger partial charge on any atom is -0.756 e. The molecule has 68 heavy (non-hydrogen) atoms. The van der Waals surface area contributed by atoms with Gasteiger partial charge in [-0.2, -0.15) is 0 Å². The molecule has 0 aliphatic carbocycles. The normalized spacial score (nSPS) is 14.3. The largest absolute Gasteiger partial charge is 0.756 e. The van der Waals surface area contributed by atoms with Gasteiger partial charge in [0.2, 0.25) is 5.91 Å². The molecule has 0 saturated carbocycles. The minimum absolute atomic E-state index is 0.0301. The number of carbonyl (C=O) groups excluding carboxylic acids is 2. The van der Waals surface area contributed by atoms with Gasteiger partial charge in [0.25, 0.3) is 7.82 Å². The zero-order valence-electron chi connectivity index (χ0n) is 45.1. The van der Waals surface area contributed by atoms with E-state index >= 15 is 0 Å². The first-order valence-electron chi connectivity index (χ1n) is 28.1. The Kier molecular flexibility index (Phi) is 46.7. The van der Waals surface area contributed by atoms with Gasteiger partial charge in [0.1, 0.15) is 19.3 Å². The van der Waals surface area contributed by atoms with Crippen molar-refractivity contribution in [2.24, 2.45) is 0 Å². The number of nitrogens with zero attached hydrogens (tertiary/aromatic N) is 1. The van der Waals surface area contributed by atoms with Crippen molar-refractivity contribution in [1.82, 2.24) is 5.32 Å². The predicted molar refractivity (Wildman–Crippen MR) is 289 cm³/mol. The molecular weight excluding hydrogens is 868 g/mol. The number of esters is 1. The number of likely N-dealkylation sites (N-methyl/N-ethyl adjacent to an activating group) is 1. The van der Waals surface area contributed by atoms with Crippen LogP contribution in [-0.2, 0) is 27.9 Å². The number of rotatable bonds is 50. The van der Waals surface area contributed by atoms with Crippen molar-refractivity contribution in [1.29, 1.82) is 0 Å².